The molecule has 4 N–H and O–H groups in total. The number of nitrogens with two attached hydrogens (primary N) is 1. The Morgan fingerprint density at radius 1 is 1.44 bits per heavy atom. The second-order valence-electron chi connectivity index (χ2n) is 3.60. The van der Waals surface area contributed by atoms with Crippen LogP contribution in [0.3, 0.4) is 0 Å². The van der Waals surface area contributed by atoms with Crippen molar-refractivity contribution in [2.75, 3.05) is 5.73 Å². The molecule has 0 aliphatic carbocycles. The van der Waals surface area contributed by atoms with E-state index in [1.165, 1.54) is 13.0 Å². The maximum atomic E-state index is 13.2. The van der Waals surface area contributed by atoms with Crippen LogP contribution in [0, 0.1) is 0 Å². The standard InChI is InChI=1S/C11H12FN3O/c1-6(12)8-4-7(2-3-10(8)16)9-5-11(13)15-14-9/h2-6,16H,1H3,(H3,13,14,15). The lowest BCUT2D eigenvalue weighted by Crippen LogP contribution is -1.88. The summed E-state index contributed by atoms with van der Waals surface area (Å²) in [6.07, 6.45) is -1.22. The fourth-order valence-corrected chi connectivity index (χ4v) is 1.53. The highest BCUT2D eigenvalue weighted by molar-refractivity contribution is 5.64. The maximum Gasteiger partial charge on any atom is 0.145 e. The molecule has 1 aromatic carbocycles. The fraction of sp³-hybridized carbons (Fsp3) is 0.182. The molecule has 4 nitrogen and oxygen atoms in total. The van der Waals surface area contributed by atoms with Crippen molar-refractivity contribution in [3.05, 3.63) is 29.8 Å². The summed E-state index contributed by atoms with van der Waals surface area (Å²) in [4.78, 5) is 0. The van der Waals surface area contributed by atoms with Crippen LogP contribution in [0.25, 0.3) is 11.3 Å². The molecule has 5 heteroatoms. The van der Waals surface area contributed by atoms with Crippen LogP contribution in [0.5, 0.6) is 5.75 Å². The Morgan fingerprint density at radius 2 is 2.19 bits per heavy atom. The number of aromatic hydroxyl groups is 1. The van der Waals surface area contributed by atoms with E-state index in [1.54, 1.807) is 18.2 Å². The van der Waals surface area contributed by atoms with E-state index < -0.39 is 6.17 Å². The third kappa shape index (κ3) is 1.84. The Labute approximate surface area is 91.9 Å². The van der Waals surface area contributed by atoms with E-state index in [0.717, 1.165) is 5.56 Å². The Bertz CT molecular complexity index is 508. The highest BCUT2D eigenvalue weighted by Crippen LogP contribution is 2.31. The molecule has 0 bridgehead atoms. The van der Waals surface area contributed by atoms with Gasteiger partial charge in [-0.15, -0.1) is 0 Å². The zero-order valence-corrected chi connectivity index (χ0v) is 8.74. The van der Waals surface area contributed by atoms with Gasteiger partial charge in [0.15, 0.2) is 0 Å². The van der Waals surface area contributed by atoms with Gasteiger partial charge < -0.3 is 10.8 Å². The quantitative estimate of drug-likeness (QED) is 0.728. The van der Waals surface area contributed by atoms with Crippen molar-refractivity contribution in [1.29, 1.82) is 0 Å². The molecule has 1 heterocycles. The lowest BCUT2D eigenvalue weighted by molar-refractivity contribution is 0.356. The average molecular weight is 221 g/mol. The number of rotatable bonds is 2. The summed E-state index contributed by atoms with van der Waals surface area (Å²) < 4.78 is 13.2. The second-order valence-corrected chi connectivity index (χ2v) is 3.60. The number of nitrogen functional groups attached to an aromatic ring is 1. The molecule has 0 aliphatic heterocycles. The number of phenols is 1. The number of aromatic nitrogens is 2. The van der Waals surface area contributed by atoms with Crippen LogP contribution in [-0.2, 0) is 0 Å². The van der Waals surface area contributed by atoms with Gasteiger partial charge in [0.05, 0.1) is 5.69 Å². The number of alkyl halides is 1. The van der Waals surface area contributed by atoms with Gasteiger partial charge in [0.25, 0.3) is 0 Å². The summed E-state index contributed by atoms with van der Waals surface area (Å²) in [6, 6.07) is 6.36. The molecule has 0 fully saturated rings. The summed E-state index contributed by atoms with van der Waals surface area (Å²) in [6.45, 7) is 1.38. The zero-order chi connectivity index (χ0) is 11.7. The molecule has 2 rings (SSSR count). The molecule has 16 heavy (non-hydrogen) atoms. The number of benzene rings is 1. The minimum atomic E-state index is -1.22. The van der Waals surface area contributed by atoms with E-state index in [9.17, 15) is 9.50 Å². The Balaban J connectivity index is 2.47. The minimum Gasteiger partial charge on any atom is -0.508 e. The summed E-state index contributed by atoms with van der Waals surface area (Å²) in [5.41, 5.74) is 7.16. The summed E-state index contributed by atoms with van der Waals surface area (Å²) in [7, 11) is 0. The number of nitrogens with zero attached hydrogens (tertiary/aromatic N) is 1. The predicted octanol–water partition coefficient (Wildman–Crippen LogP) is 2.40. The van der Waals surface area contributed by atoms with Crippen molar-refractivity contribution < 1.29 is 9.50 Å². The van der Waals surface area contributed by atoms with Crippen molar-refractivity contribution >= 4 is 5.82 Å². The molecule has 0 amide bonds. The van der Waals surface area contributed by atoms with Crippen molar-refractivity contribution in [3.63, 3.8) is 0 Å². The number of H-pyrrole nitrogens is 1. The number of nitrogens with one attached hydrogen (secondary N) is 1. The maximum absolute atomic E-state index is 13.2. The van der Waals surface area contributed by atoms with Crippen LogP contribution >= 0.6 is 0 Å². The van der Waals surface area contributed by atoms with Crippen molar-refractivity contribution in [3.8, 4) is 17.0 Å². The van der Waals surface area contributed by atoms with Crippen LogP contribution < -0.4 is 5.73 Å². The number of halogens is 1. The highest BCUT2D eigenvalue weighted by Gasteiger charge is 2.11. The van der Waals surface area contributed by atoms with Crippen LogP contribution in [0.1, 0.15) is 18.7 Å². The predicted molar refractivity (Wildman–Crippen MR) is 59.6 cm³/mol. The number of anilines is 1. The molecule has 0 aliphatic rings. The molecule has 2 aromatic rings. The molecule has 1 atom stereocenters. The first-order chi connectivity index (χ1) is 7.58. The number of hydrogen-bond acceptors (Lipinski definition) is 3. The van der Waals surface area contributed by atoms with E-state index >= 15 is 0 Å². The Hall–Kier alpha value is -2.04. The monoisotopic (exact) mass is 221 g/mol. The molecule has 0 saturated carbocycles. The summed E-state index contributed by atoms with van der Waals surface area (Å²) in [5, 5.41) is 16.0. The molecule has 1 aromatic heterocycles. The lowest BCUT2D eigenvalue weighted by atomic mass is 10.0. The number of aromatic amines is 1. The number of hydrogen-bond donors (Lipinski definition) is 3. The van der Waals surface area contributed by atoms with Crippen LogP contribution in [0.2, 0.25) is 0 Å². The first kappa shape index (κ1) is 10.5. The Morgan fingerprint density at radius 3 is 2.75 bits per heavy atom. The minimum absolute atomic E-state index is 0.0498. The third-order valence-electron chi connectivity index (χ3n) is 2.36. The molecule has 0 spiro atoms. The third-order valence-corrected chi connectivity index (χ3v) is 2.36. The van der Waals surface area contributed by atoms with Crippen molar-refractivity contribution in [2.24, 2.45) is 0 Å². The van der Waals surface area contributed by atoms with Gasteiger partial charge in [-0.05, 0) is 25.1 Å². The van der Waals surface area contributed by atoms with Gasteiger partial charge in [-0.3, -0.25) is 5.10 Å². The van der Waals surface area contributed by atoms with E-state index in [-0.39, 0.29) is 11.3 Å². The molecule has 1 unspecified atom stereocenters. The topological polar surface area (TPSA) is 74.9 Å². The van der Waals surface area contributed by atoms with Gasteiger partial charge in [-0.25, -0.2) is 4.39 Å². The first-order valence-corrected chi connectivity index (χ1v) is 4.86. The van der Waals surface area contributed by atoms with Crippen LogP contribution in [0.15, 0.2) is 24.3 Å². The second kappa shape index (κ2) is 3.84. The average Bonchev–Trinajstić information content (AvgIpc) is 2.65. The van der Waals surface area contributed by atoms with E-state index in [2.05, 4.69) is 10.2 Å². The summed E-state index contributed by atoms with van der Waals surface area (Å²) >= 11 is 0. The van der Waals surface area contributed by atoms with E-state index in [0.29, 0.717) is 11.5 Å². The van der Waals surface area contributed by atoms with Gasteiger partial charge in [0.2, 0.25) is 0 Å². The van der Waals surface area contributed by atoms with E-state index in [4.69, 9.17) is 5.73 Å². The lowest BCUT2D eigenvalue weighted by Gasteiger charge is -2.07. The fourth-order valence-electron chi connectivity index (χ4n) is 1.53. The van der Waals surface area contributed by atoms with Crippen LogP contribution in [-0.4, -0.2) is 15.3 Å². The molecular weight excluding hydrogens is 209 g/mol. The Kier molecular flexibility index (Phi) is 2.52. The highest BCUT2D eigenvalue weighted by atomic mass is 19.1. The van der Waals surface area contributed by atoms with Gasteiger partial charge in [0.1, 0.15) is 17.7 Å². The molecule has 0 saturated heterocycles. The molecule has 0 radical (unpaired) electrons. The van der Waals surface area contributed by atoms with Gasteiger partial charge in [-0.1, -0.05) is 0 Å². The normalized spacial score (nSPS) is 12.6. The largest absolute Gasteiger partial charge is 0.508 e. The van der Waals surface area contributed by atoms with Gasteiger partial charge in [0, 0.05) is 17.2 Å². The van der Waals surface area contributed by atoms with Gasteiger partial charge in [-0.2, -0.15) is 5.10 Å². The molecule has 84 valence electrons. The van der Waals surface area contributed by atoms with Crippen molar-refractivity contribution in [1.82, 2.24) is 10.2 Å². The van der Waals surface area contributed by atoms with Crippen molar-refractivity contribution in [2.45, 2.75) is 13.1 Å². The van der Waals surface area contributed by atoms with E-state index in [1.807, 2.05) is 0 Å². The smallest absolute Gasteiger partial charge is 0.145 e. The SMILES string of the molecule is CC(F)c1cc(-c2cc(N)n[nH]2)ccc1O. The number of phenolic OH excluding ortho intramolecular Hbond substituents is 1. The zero-order valence-electron chi connectivity index (χ0n) is 8.74. The molecular formula is C11H12FN3O. The van der Waals surface area contributed by atoms with Gasteiger partial charge >= 0.3 is 0 Å². The summed E-state index contributed by atoms with van der Waals surface area (Å²) in [5.74, 6) is 0.323. The first-order valence-electron chi connectivity index (χ1n) is 4.86. The van der Waals surface area contributed by atoms with Crippen LogP contribution in [0.4, 0.5) is 10.2 Å².